The molecule has 1 aliphatic heterocycles. The summed E-state index contributed by atoms with van der Waals surface area (Å²) in [6, 6.07) is 11.5. The minimum atomic E-state index is 0.0773. The van der Waals surface area contributed by atoms with E-state index < -0.39 is 0 Å². The fraction of sp³-hybridized carbons (Fsp3) is 0.300. The fourth-order valence-electron chi connectivity index (χ4n) is 3.32. The van der Waals surface area contributed by atoms with E-state index in [-0.39, 0.29) is 17.7 Å². The lowest BCUT2D eigenvalue weighted by Gasteiger charge is -2.24. The van der Waals surface area contributed by atoms with Crippen LogP contribution in [0.1, 0.15) is 24.4 Å². The van der Waals surface area contributed by atoms with Crippen molar-refractivity contribution in [1.29, 1.82) is 0 Å². The second-order valence-corrected chi connectivity index (χ2v) is 7.34. The van der Waals surface area contributed by atoms with Gasteiger partial charge in [-0.1, -0.05) is 11.8 Å². The standard InChI is InChI=1S/C20H20N4O3S/c1-26-16-6-4-15(5-7-16)19-22-23-20(27-19)28-13-18(25)24-12-2-3-17(24)14-8-10-21-11-9-14/h4-11,17H,2-3,12-13H2,1H3. The van der Waals surface area contributed by atoms with Crippen LogP contribution in [0.3, 0.4) is 0 Å². The van der Waals surface area contributed by atoms with Crippen molar-refractivity contribution in [2.75, 3.05) is 19.4 Å². The minimum Gasteiger partial charge on any atom is -0.497 e. The number of benzene rings is 1. The molecule has 8 heteroatoms. The van der Waals surface area contributed by atoms with Crippen molar-refractivity contribution in [3.8, 4) is 17.2 Å². The maximum absolute atomic E-state index is 12.7. The summed E-state index contributed by atoms with van der Waals surface area (Å²) in [5.74, 6) is 1.53. The number of pyridine rings is 1. The number of hydrogen-bond acceptors (Lipinski definition) is 7. The summed E-state index contributed by atoms with van der Waals surface area (Å²) in [4.78, 5) is 18.7. The normalized spacial score (nSPS) is 16.3. The number of hydrogen-bond donors (Lipinski definition) is 0. The first-order valence-electron chi connectivity index (χ1n) is 9.05. The fourth-order valence-corrected chi connectivity index (χ4v) is 3.97. The van der Waals surface area contributed by atoms with E-state index in [2.05, 4.69) is 15.2 Å². The largest absolute Gasteiger partial charge is 0.497 e. The molecule has 0 saturated carbocycles. The van der Waals surface area contributed by atoms with Gasteiger partial charge in [0.05, 0.1) is 18.9 Å². The van der Waals surface area contributed by atoms with Gasteiger partial charge in [-0.05, 0) is 54.8 Å². The number of thioether (sulfide) groups is 1. The molecule has 4 rings (SSSR count). The first-order chi connectivity index (χ1) is 13.7. The average Bonchev–Trinajstić information content (AvgIpc) is 3.43. The van der Waals surface area contributed by atoms with Gasteiger partial charge in [-0.15, -0.1) is 10.2 Å². The van der Waals surface area contributed by atoms with E-state index in [1.165, 1.54) is 11.8 Å². The van der Waals surface area contributed by atoms with Gasteiger partial charge in [-0.2, -0.15) is 0 Å². The summed E-state index contributed by atoms with van der Waals surface area (Å²) in [6.45, 7) is 0.771. The average molecular weight is 396 g/mol. The molecule has 1 aromatic carbocycles. The van der Waals surface area contributed by atoms with E-state index in [1.807, 2.05) is 41.3 Å². The third-order valence-electron chi connectivity index (χ3n) is 4.73. The number of carbonyl (C=O) groups is 1. The molecular formula is C20H20N4O3S. The minimum absolute atomic E-state index is 0.0773. The van der Waals surface area contributed by atoms with E-state index in [9.17, 15) is 4.79 Å². The maximum Gasteiger partial charge on any atom is 0.277 e. The lowest BCUT2D eigenvalue weighted by atomic mass is 10.1. The summed E-state index contributed by atoms with van der Waals surface area (Å²) in [6.07, 6.45) is 5.52. The van der Waals surface area contributed by atoms with Gasteiger partial charge in [0.15, 0.2) is 0 Å². The predicted molar refractivity (Wildman–Crippen MR) is 105 cm³/mol. The Balaban J connectivity index is 1.38. The molecule has 28 heavy (non-hydrogen) atoms. The van der Waals surface area contributed by atoms with E-state index in [4.69, 9.17) is 9.15 Å². The van der Waals surface area contributed by atoms with Crippen LogP contribution in [0, 0.1) is 0 Å². The van der Waals surface area contributed by atoms with E-state index in [0.717, 1.165) is 36.3 Å². The highest BCUT2D eigenvalue weighted by atomic mass is 32.2. The Morgan fingerprint density at radius 3 is 2.75 bits per heavy atom. The van der Waals surface area contributed by atoms with Crippen molar-refractivity contribution in [1.82, 2.24) is 20.1 Å². The molecule has 144 valence electrons. The summed E-state index contributed by atoms with van der Waals surface area (Å²) >= 11 is 1.27. The quantitative estimate of drug-likeness (QED) is 0.589. The van der Waals surface area contributed by atoms with Gasteiger partial charge >= 0.3 is 0 Å². The lowest BCUT2D eigenvalue weighted by Crippen LogP contribution is -2.31. The number of likely N-dealkylation sites (tertiary alicyclic amines) is 1. The molecule has 1 aliphatic rings. The molecule has 7 nitrogen and oxygen atoms in total. The predicted octanol–water partition coefficient (Wildman–Crippen LogP) is 3.60. The molecule has 0 N–H and O–H groups in total. The molecule has 1 fully saturated rings. The molecule has 3 heterocycles. The molecule has 0 spiro atoms. The molecular weight excluding hydrogens is 376 g/mol. The van der Waals surface area contributed by atoms with Gasteiger partial charge in [0.1, 0.15) is 5.75 Å². The molecule has 1 amide bonds. The van der Waals surface area contributed by atoms with Crippen molar-refractivity contribution in [3.05, 3.63) is 54.4 Å². The van der Waals surface area contributed by atoms with Crippen LogP contribution in [-0.2, 0) is 4.79 Å². The van der Waals surface area contributed by atoms with Crippen LogP contribution in [-0.4, -0.2) is 45.4 Å². The zero-order chi connectivity index (χ0) is 19.3. The van der Waals surface area contributed by atoms with E-state index in [1.54, 1.807) is 19.5 Å². The van der Waals surface area contributed by atoms with Gasteiger partial charge in [0.2, 0.25) is 11.8 Å². The van der Waals surface area contributed by atoms with Crippen molar-refractivity contribution in [2.24, 2.45) is 0 Å². The third kappa shape index (κ3) is 4.01. The zero-order valence-electron chi connectivity index (χ0n) is 15.4. The highest BCUT2D eigenvalue weighted by molar-refractivity contribution is 7.99. The smallest absolute Gasteiger partial charge is 0.277 e. The molecule has 2 aromatic heterocycles. The van der Waals surface area contributed by atoms with Crippen LogP contribution < -0.4 is 4.74 Å². The van der Waals surface area contributed by atoms with Crippen molar-refractivity contribution in [2.45, 2.75) is 24.1 Å². The van der Waals surface area contributed by atoms with Gasteiger partial charge in [-0.25, -0.2) is 0 Å². The SMILES string of the molecule is COc1ccc(-c2nnc(SCC(=O)N3CCCC3c3ccncc3)o2)cc1. The summed E-state index contributed by atoms with van der Waals surface area (Å²) in [5.41, 5.74) is 1.94. The zero-order valence-corrected chi connectivity index (χ0v) is 16.3. The van der Waals surface area contributed by atoms with Gasteiger partial charge < -0.3 is 14.1 Å². The molecule has 1 unspecified atom stereocenters. The molecule has 0 aliphatic carbocycles. The lowest BCUT2D eigenvalue weighted by molar-refractivity contribution is -0.129. The van der Waals surface area contributed by atoms with Crippen molar-refractivity contribution in [3.63, 3.8) is 0 Å². The highest BCUT2D eigenvalue weighted by Crippen LogP contribution is 2.33. The summed E-state index contributed by atoms with van der Waals surface area (Å²) < 4.78 is 10.8. The Labute approximate surface area is 167 Å². The molecule has 3 aromatic rings. The van der Waals surface area contributed by atoms with Crippen molar-refractivity contribution < 1.29 is 13.9 Å². The van der Waals surface area contributed by atoms with Crippen LogP contribution in [0.25, 0.3) is 11.5 Å². The second-order valence-electron chi connectivity index (χ2n) is 6.42. The van der Waals surface area contributed by atoms with Gasteiger partial charge in [0.25, 0.3) is 5.22 Å². The van der Waals surface area contributed by atoms with E-state index >= 15 is 0 Å². The number of ether oxygens (including phenoxy) is 1. The molecule has 0 radical (unpaired) electrons. The third-order valence-corrected chi connectivity index (χ3v) is 5.53. The van der Waals surface area contributed by atoms with Crippen LogP contribution >= 0.6 is 11.8 Å². The Bertz CT molecular complexity index is 930. The topological polar surface area (TPSA) is 81.4 Å². The Morgan fingerprint density at radius 1 is 1.21 bits per heavy atom. The molecule has 1 atom stereocenters. The van der Waals surface area contributed by atoms with Crippen LogP contribution in [0.15, 0.2) is 58.4 Å². The van der Waals surface area contributed by atoms with Gasteiger partial charge in [-0.3, -0.25) is 9.78 Å². The van der Waals surface area contributed by atoms with Gasteiger partial charge in [0, 0.05) is 24.5 Å². The van der Waals surface area contributed by atoms with Crippen molar-refractivity contribution >= 4 is 17.7 Å². The number of rotatable bonds is 6. The Kier molecular flexibility index (Phi) is 5.57. The number of methoxy groups -OCH3 is 1. The monoisotopic (exact) mass is 396 g/mol. The summed E-state index contributed by atoms with van der Waals surface area (Å²) in [5, 5.41) is 8.50. The Hall–Kier alpha value is -2.87. The second kappa shape index (κ2) is 8.43. The van der Waals surface area contributed by atoms with E-state index in [0.29, 0.717) is 11.1 Å². The number of amides is 1. The Morgan fingerprint density at radius 2 is 2.00 bits per heavy atom. The highest BCUT2D eigenvalue weighted by Gasteiger charge is 2.30. The summed E-state index contributed by atoms with van der Waals surface area (Å²) in [7, 11) is 1.62. The maximum atomic E-state index is 12.7. The first kappa shape index (κ1) is 18.5. The van der Waals surface area contributed by atoms with Crippen LogP contribution in [0.5, 0.6) is 5.75 Å². The van der Waals surface area contributed by atoms with Crippen LogP contribution in [0.4, 0.5) is 0 Å². The van der Waals surface area contributed by atoms with Crippen LogP contribution in [0.2, 0.25) is 0 Å². The first-order valence-corrected chi connectivity index (χ1v) is 10.0. The number of aromatic nitrogens is 3. The molecule has 0 bridgehead atoms. The number of nitrogens with zero attached hydrogens (tertiary/aromatic N) is 4. The number of carbonyl (C=O) groups excluding carboxylic acids is 1. The molecule has 1 saturated heterocycles.